The van der Waals surface area contributed by atoms with Crippen LogP contribution in [0.5, 0.6) is 0 Å². The van der Waals surface area contributed by atoms with Crippen LogP contribution in [0, 0.1) is 5.92 Å². The molecular formula is C15H34O3Si. The molecule has 0 aliphatic heterocycles. The third-order valence-corrected chi connectivity index (χ3v) is 6.31. The van der Waals surface area contributed by atoms with Gasteiger partial charge >= 0.3 is 8.80 Å². The zero-order chi connectivity index (χ0) is 15.1. The number of rotatable bonds is 10. The Morgan fingerprint density at radius 3 is 1.37 bits per heavy atom. The Balaban J connectivity index is 4.97. The Morgan fingerprint density at radius 1 is 0.737 bits per heavy atom. The highest BCUT2D eigenvalue weighted by atomic mass is 28.4. The minimum atomic E-state index is -2.59. The van der Waals surface area contributed by atoms with Crippen LogP contribution in [0.2, 0.25) is 6.04 Å². The van der Waals surface area contributed by atoms with Gasteiger partial charge in [0, 0.05) is 24.4 Å². The summed E-state index contributed by atoms with van der Waals surface area (Å²) >= 11 is 0. The first-order valence-corrected chi connectivity index (χ1v) is 9.67. The number of hydrogen-bond donors (Lipinski definition) is 0. The van der Waals surface area contributed by atoms with Crippen LogP contribution in [-0.2, 0) is 13.3 Å². The normalized spacial score (nSPS) is 14.7. The molecule has 3 nitrogen and oxygen atoms in total. The minimum absolute atomic E-state index is 0.137. The Hall–Kier alpha value is 0.0969. The predicted octanol–water partition coefficient (Wildman–Crippen LogP) is 4.64. The fraction of sp³-hybridized carbons (Fsp3) is 1.00. The summed E-state index contributed by atoms with van der Waals surface area (Å²) in [6.07, 6.45) is 2.80. The molecule has 116 valence electrons. The molecule has 0 saturated carbocycles. The van der Waals surface area contributed by atoms with Gasteiger partial charge < -0.3 is 13.3 Å². The second kappa shape index (κ2) is 9.11. The molecule has 0 radical (unpaired) electrons. The van der Waals surface area contributed by atoms with Gasteiger partial charge in [0.2, 0.25) is 0 Å². The van der Waals surface area contributed by atoms with Crippen molar-refractivity contribution in [1.29, 1.82) is 0 Å². The summed E-state index contributed by atoms with van der Waals surface area (Å²) < 4.78 is 18.5. The molecular weight excluding hydrogens is 256 g/mol. The molecule has 0 amide bonds. The molecule has 1 atom stereocenters. The van der Waals surface area contributed by atoms with E-state index in [1.54, 1.807) is 0 Å². The van der Waals surface area contributed by atoms with Crippen molar-refractivity contribution >= 4 is 8.80 Å². The van der Waals surface area contributed by atoms with E-state index in [2.05, 4.69) is 55.4 Å². The van der Waals surface area contributed by atoms with Gasteiger partial charge in [-0.2, -0.15) is 0 Å². The quantitative estimate of drug-likeness (QED) is 0.549. The van der Waals surface area contributed by atoms with Crippen molar-refractivity contribution in [2.24, 2.45) is 5.92 Å². The maximum atomic E-state index is 6.17. The Bertz CT molecular complexity index is 203. The molecule has 0 bridgehead atoms. The van der Waals surface area contributed by atoms with Gasteiger partial charge in [-0.05, 0) is 47.5 Å². The maximum Gasteiger partial charge on any atom is 0.501 e. The molecule has 0 N–H and O–H groups in total. The zero-order valence-electron chi connectivity index (χ0n) is 14.2. The molecule has 0 spiro atoms. The standard InChI is InChI=1S/C15H34O3Si/c1-9-10-15(8)11-19(16-12(2)3,17-13(4)5)18-14(6)7/h12-15H,9-11H2,1-8H3. The van der Waals surface area contributed by atoms with Crippen molar-refractivity contribution in [3.8, 4) is 0 Å². The first-order valence-electron chi connectivity index (χ1n) is 7.74. The lowest BCUT2D eigenvalue weighted by Crippen LogP contribution is -2.51. The van der Waals surface area contributed by atoms with Crippen LogP contribution in [0.25, 0.3) is 0 Å². The molecule has 1 unspecified atom stereocenters. The fourth-order valence-electron chi connectivity index (χ4n) is 2.33. The van der Waals surface area contributed by atoms with E-state index < -0.39 is 8.80 Å². The summed E-state index contributed by atoms with van der Waals surface area (Å²) in [5.74, 6) is 0.577. The van der Waals surface area contributed by atoms with Crippen molar-refractivity contribution in [3.63, 3.8) is 0 Å². The second-order valence-corrected chi connectivity index (χ2v) is 8.76. The summed E-state index contributed by atoms with van der Waals surface area (Å²) in [6.45, 7) is 16.8. The highest BCUT2D eigenvalue weighted by molar-refractivity contribution is 6.60. The van der Waals surface area contributed by atoms with Crippen LogP contribution in [0.15, 0.2) is 0 Å². The molecule has 0 aromatic heterocycles. The van der Waals surface area contributed by atoms with E-state index >= 15 is 0 Å². The van der Waals surface area contributed by atoms with Gasteiger partial charge in [0.1, 0.15) is 0 Å². The molecule has 0 aliphatic rings. The van der Waals surface area contributed by atoms with Gasteiger partial charge in [0.25, 0.3) is 0 Å². The Morgan fingerprint density at radius 2 is 1.11 bits per heavy atom. The van der Waals surface area contributed by atoms with E-state index in [9.17, 15) is 0 Å². The minimum Gasteiger partial charge on any atom is -0.371 e. The Kier molecular flexibility index (Phi) is 9.16. The lowest BCUT2D eigenvalue weighted by atomic mass is 10.1. The fourth-order valence-corrected chi connectivity index (χ4v) is 5.99. The molecule has 19 heavy (non-hydrogen) atoms. The average Bonchev–Trinajstić information content (AvgIpc) is 2.12. The van der Waals surface area contributed by atoms with E-state index in [1.807, 2.05) is 0 Å². The molecule has 4 heteroatoms. The SMILES string of the molecule is CCCC(C)C[Si](OC(C)C)(OC(C)C)OC(C)C. The van der Waals surface area contributed by atoms with E-state index in [1.165, 1.54) is 12.8 Å². The average molecular weight is 291 g/mol. The van der Waals surface area contributed by atoms with E-state index in [-0.39, 0.29) is 18.3 Å². The van der Waals surface area contributed by atoms with Crippen LogP contribution in [0.3, 0.4) is 0 Å². The molecule has 0 fully saturated rings. The van der Waals surface area contributed by atoms with Gasteiger partial charge in [-0.1, -0.05) is 26.7 Å². The lowest BCUT2D eigenvalue weighted by Gasteiger charge is -2.36. The first kappa shape index (κ1) is 19.1. The topological polar surface area (TPSA) is 27.7 Å². The summed E-state index contributed by atoms with van der Waals surface area (Å²) in [5, 5.41) is 0. The molecule has 0 saturated heterocycles. The third-order valence-electron chi connectivity index (χ3n) is 2.63. The van der Waals surface area contributed by atoms with Gasteiger partial charge in [-0.25, -0.2) is 0 Å². The van der Waals surface area contributed by atoms with E-state index in [0.29, 0.717) is 5.92 Å². The van der Waals surface area contributed by atoms with Crippen molar-refractivity contribution in [3.05, 3.63) is 0 Å². The van der Waals surface area contributed by atoms with E-state index in [0.717, 1.165) is 6.04 Å². The molecule has 0 aromatic carbocycles. The Labute approximate surface area is 121 Å². The molecule has 0 rings (SSSR count). The largest absolute Gasteiger partial charge is 0.501 e. The highest BCUT2D eigenvalue weighted by Gasteiger charge is 2.45. The monoisotopic (exact) mass is 290 g/mol. The van der Waals surface area contributed by atoms with Gasteiger partial charge in [-0.3, -0.25) is 0 Å². The van der Waals surface area contributed by atoms with Crippen molar-refractivity contribution < 1.29 is 13.3 Å². The lowest BCUT2D eigenvalue weighted by molar-refractivity contribution is 0.000436. The van der Waals surface area contributed by atoms with Crippen molar-refractivity contribution in [1.82, 2.24) is 0 Å². The number of hydrogen-bond acceptors (Lipinski definition) is 3. The smallest absolute Gasteiger partial charge is 0.371 e. The van der Waals surface area contributed by atoms with Crippen LogP contribution < -0.4 is 0 Å². The summed E-state index contributed by atoms with van der Waals surface area (Å²) in [7, 11) is -2.59. The second-order valence-electron chi connectivity index (χ2n) is 6.28. The van der Waals surface area contributed by atoms with Crippen LogP contribution in [-0.4, -0.2) is 27.1 Å². The molecule has 0 heterocycles. The van der Waals surface area contributed by atoms with Crippen LogP contribution in [0.4, 0.5) is 0 Å². The van der Waals surface area contributed by atoms with E-state index in [4.69, 9.17) is 13.3 Å². The van der Waals surface area contributed by atoms with Crippen molar-refractivity contribution in [2.45, 2.75) is 92.6 Å². The highest BCUT2D eigenvalue weighted by Crippen LogP contribution is 2.28. The van der Waals surface area contributed by atoms with Gasteiger partial charge in [0.05, 0.1) is 0 Å². The van der Waals surface area contributed by atoms with Crippen molar-refractivity contribution in [2.75, 3.05) is 0 Å². The maximum absolute atomic E-state index is 6.17. The molecule has 0 aromatic rings. The van der Waals surface area contributed by atoms with Gasteiger partial charge in [-0.15, -0.1) is 0 Å². The first-order chi connectivity index (χ1) is 8.70. The zero-order valence-corrected chi connectivity index (χ0v) is 15.2. The summed E-state index contributed by atoms with van der Waals surface area (Å²) in [5.41, 5.74) is 0. The van der Waals surface area contributed by atoms with Gasteiger partial charge in [0.15, 0.2) is 0 Å². The van der Waals surface area contributed by atoms with Crippen LogP contribution in [0.1, 0.15) is 68.2 Å². The third kappa shape index (κ3) is 8.79. The molecule has 0 aliphatic carbocycles. The van der Waals surface area contributed by atoms with Crippen LogP contribution >= 0.6 is 0 Å². The summed E-state index contributed by atoms with van der Waals surface area (Å²) in [4.78, 5) is 0. The predicted molar refractivity (Wildman–Crippen MR) is 83.3 cm³/mol. The summed E-state index contributed by atoms with van der Waals surface area (Å²) in [6, 6.07) is 0.912.